The molecule has 13 heavy (non-hydrogen) atoms. The fourth-order valence-corrected chi connectivity index (χ4v) is 0.901. The molecule has 0 aliphatic rings. The van der Waals surface area contributed by atoms with Gasteiger partial charge in [-0.25, -0.2) is 0 Å². The van der Waals surface area contributed by atoms with E-state index in [9.17, 15) is 9.59 Å². The van der Waals surface area contributed by atoms with Gasteiger partial charge in [-0.05, 0) is 13.8 Å². The monoisotopic (exact) mass is 188 g/mol. The zero-order valence-corrected chi connectivity index (χ0v) is 8.16. The number of ether oxygens (including phenoxy) is 1. The number of esters is 1. The van der Waals surface area contributed by atoms with Gasteiger partial charge in [0, 0.05) is 6.04 Å². The molecule has 2 unspecified atom stereocenters. The van der Waals surface area contributed by atoms with Crippen molar-refractivity contribution in [3.05, 3.63) is 0 Å². The summed E-state index contributed by atoms with van der Waals surface area (Å²) in [5, 5.41) is 2.87. The first kappa shape index (κ1) is 11.9. The lowest BCUT2D eigenvalue weighted by Crippen LogP contribution is -2.44. The average molecular weight is 188 g/mol. The molecule has 3 N–H and O–H groups in total. The van der Waals surface area contributed by atoms with Crippen LogP contribution in [0.25, 0.3) is 0 Å². The Balaban J connectivity index is 3.80. The fourth-order valence-electron chi connectivity index (χ4n) is 0.901. The largest absolute Gasteiger partial charge is 0.469 e. The van der Waals surface area contributed by atoms with Crippen molar-refractivity contribution in [3.8, 4) is 0 Å². The van der Waals surface area contributed by atoms with Crippen molar-refractivity contribution < 1.29 is 14.3 Å². The molecule has 0 aromatic heterocycles. The van der Waals surface area contributed by atoms with Crippen molar-refractivity contribution in [3.63, 3.8) is 0 Å². The van der Waals surface area contributed by atoms with Crippen LogP contribution in [0.15, 0.2) is 0 Å². The molecule has 0 saturated carbocycles. The molecular formula is C8H16N2O3. The molecule has 0 spiro atoms. The first-order valence-corrected chi connectivity index (χ1v) is 4.09. The van der Waals surface area contributed by atoms with Crippen molar-refractivity contribution in [1.82, 2.24) is 5.32 Å². The Morgan fingerprint density at radius 3 is 2.38 bits per heavy atom. The third-order valence-electron chi connectivity index (χ3n) is 1.66. The summed E-state index contributed by atoms with van der Waals surface area (Å²) < 4.78 is 4.47. The third kappa shape index (κ3) is 5.19. The third-order valence-corrected chi connectivity index (χ3v) is 1.66. The second-order valence-electron chi connectivity index (χ2n) is 2.97. The van der Waals surface area contributed by atoms with Gasteiger partial charge in [0.1, 0.15) is 0 Å². The van der Waals surface area contributed by atoms with E-state index >= 15 is 0 Å². The summed E-state index contributed by atoms with van der Waals surface area (Å²) >= 11 is 0. The van der Waals surface area contributed by atoms with Gasteiger partial charge in [-0.1, -0.05) is 0 Å². The van der Waals surface area contributed by atoms with Gasteiger partial charge in [-0.2, -0.15) is 0 Å². The Kier molecular flexibility index (Phi) is 5.06. The van der Waals surface area contributed by atoms with Crippen LogP contribution in [0.3, 0.4) is 0 Å². The Labute approximate surface area is 77.6 Å². The van der Waals surface area contributed by atoms with Crippen LogP contribution in [0.4, 0.5) is 0 Å². The molecule has 0 heterocycles. The summed E-state index contributed by atoms with van der Waals surface area (Å²) in [5.74, 6) is -0.742. The van der Waals surface area contributed by atoms with Gasteiger partial charge in [0.25, 0.3) is 0 Å². The zero-order valence-electron chi connectivity index (χ0n) is 8.16. The van der Waals surface area contributed by atoms with Crippen molar-refractivity contribution in [2.45, 2.75) is 32.4 Å². The highest BCUT2D eigenvalue weighted by atomic mass is 16.5. The Hall–Kier alpha value is -1.10. The number of amides is 1. The molecule has 76 valence electrons. The van der Waals surface area contributed by atoms with E-state index in [1.807, 2.05) is 0 Å². The average Bonchev–Trinajstić information content (AvgIpc) is 2.03. The molecule has 0 aromatic carbocycles. The van der Waals surface area contributed by atoms with E-state index in [0.29, 0.717) is 0 Å². The lowest BCUT2D eigenvalue weighted by Gasteiger charge is -2.16. The molecule has 0 rings (SSSR count). The van der Waals surface area contributed by atoms with Gasteiger partial charge in [0.2, 0.25) is 5.91 Å². The molecule has 0 aliphatic carbocycles. The Bertz CT molecular complexity index is 194. The van der Waals surface area contributed by atoms with Gasteiger partial charge >= 0.3 is 5.97 Å². The number of hydrogen-bond acceptors (Lipinski definition) is 4. The standard InChI is InChI=1S/C8H16N2O3/c1-5(4-7(11)13-3)10-6(2)8(9)12/h5-6,10H,4H2,1-3H3,(H2,9,12). The summed E-state index contributed by atoms with van der Waals surface area (Å²) in [4.78, 5) is 21.4. The van der Waals surface area contributed by atoms with E-state index in [1.165, 1.54) is 7.11 Å². The highest BCUT2D eigenvalue weighted by molar-refractivity contribution is 5.79. The van der Waals surface area contributed by atoms with E-state index < -0.39 is 11.9 Å². The maximum absolute atomic E-state index is 10.8. The number of nitrogens with two attached hydrogens (primary N) is 1. The minimum Gasteiger partial charge on any atom is -0.469 e. The lowest BCUT2D eigenvalue weighted by molar-refractivity contribution is -0.141. The fraction of sp³-hybridized carbons (Fsp3) is 0.750. The molecule has 2 atom stereocenters. The van der Waals surface area contributed by atoms with Crippen molar-refractivity contribution in [2.24, 2.45) is 5.73 Å². The van der Waals surface area contributed by atoms with Crippen molar-refractivity contribution in [1.29, 1.82) is 0 Å². The van der Waals surface area contributed by atoms with E-state index in [0.717, 1.165) is 0 Å². The summed E-state index contributed by atoms with van der Waals surface area (Å²) in [6.07, 6.45) is 0.230. The van der Waals surface area contributed by atoms with Crippen molar-refractivity contribution >= 4 is 11.9 Å². The molecular weight excluding hydrogens is 172 g/mol. The maximum atomic E-state index is 10.8. The minimum absolute atomic E-state index is 0.116. The quantitative estimate of drug-likeness (QED) is 0.564. The second-order valence-corrected chi connectivity index (χ2v) is 2.97. The van der Waals surface area contributed by atoms with Gasteiger partial charge in [0.05, 0.1) is 19.6 Å². The summed E-state index contributed by atoms with van der Waals surface area (Å²) in [5.41, 5.74) is 5.03. The number of rotatable bonds is 5. The van der Waals surface area contributed by atoms with Crippen LogP contribution in [0, 0.1) is 0 Å². The van der Waals surface area contributed by atoms with Crippen LogP contribution in [0.5, 0.6) is 0 Å². The normalized spacial score (nSPS) is 14.7. The topological polar surface area (TPSA) is 81.4 Å². The minimum atomic E-state index is -0.434. The molecule has 0 aromatic rings. The van der Waals surface area contributed by atoms with Gasteiger partial charge < -0.3 is 15.8 Å². The predicted molar refractivity (Wildman–Crippen MR) is 47.9 cm³/mol. The molecule has 0 aliphatic heterocycles. The number of nitrogens with one attached hydrogen (secondary N) is 1. The number of hydrogen-bond donors (Lipinski definition) is 2. The van der Waals surface area contributed by atoms with E-state index in [4.69, 9.17) is 5.73 Å². The van der Waals surface area contributed by atoms with Crippen LogP contribution in [-0.4, -0.2) is 31.1 Å². The molecule has 0 bridgehead atoms. The summed E-state index contributed by atoms with van der Waals surface area (Å²) in [7, 11) is 1.33. The molecule has 0 saturated heterocycles. The van der Waals surface area contributed by atoms with Crippen LogP contribution in [0.2, 0.25) is 0 Å². The molecule has 1 amide bonds. The molecule has 0 radical (unpaired) electrons. The first-order valence-electron chi connectivity index (χ1n) is 4.09. The smallest absolute Gasteiger partial charge is 0.307 e. The van der Waals surface area contributed by atoms with Crippen LogP contribution >= 0.6 is 0 Å². The molecule has 0 fully saturated rings. The van der Waals surface area contributed by atoms with Crippen LogP contribution in [0.1, 0.15) is 20.3 Å². The van der Waals surface area contributed by atoms with E-state index in [2.05, 4.69) is 10.1 Å². The Morgan fingerprint density at radius 1 is 1.46 bits per heavy atom. The molecule has 5 heteroatoms. The predicted octanol–water partition coefficient (Wildman–Crippen LogP) is -0.599. The SMILES string of the molecule is COC(=O)CC(C)NC(C)C(N)=O. The second kappa shape index (κ2) is 5.53. The Morgan fingerprint density at radius 2 is 2.00 bits per heavy atom. The van der Waals surface area contributed by atoms with Crippen molar-refractivity contribution in [2.75, 3.05) is 7.11 Å². The number of primary amides is 1. The molecule has 5 nitrogen and oxygen atoms in total. The van der Waals surface area contributed by atoms with Crippen LogP contribution < -0.4 is 11.1 Å². The highest BCUT2D eigenvalue weighted by Gasteiger charge is 2.14. The number of methoxy groups -OCH3 is 1. The van der Waals surface area contributed by atoms with Gasteiger partial charge in [-0.3, -0.25) is 9.59 Å². The van der Waals surface area contributed by atoms with Gasteiger partial charge in [-0.15, -0.1) is 0 Å². The van der Waals surface area contributed by atoms with Crippen LogP contribution in [-0.2, 0) is 14.3 Å². The highest BCUT2D eigenvalue weighted by Crippen LogP contribution is 1.94. The van der Waals surface area contributed by atoms with Gasteiger partial charge in [0.15, 0.2) is 0 Å². The number of carbonyl (C=O) groups is 2. The van der Waals surface area contributed by atoms with E-state index in [-0.39, 0.29) is 18.4 Å². The van der Waals surface area contributed by atoms with E-state index in [1.54, 1.807) is 13.8 Å². The number of carbonyl (C=O) groups excluding carboxylic acids is 2. The first-order chi connectivity index (χ1) is 5.97. The maximum Gasteiger partial charge on any atom is 0.307 e. The zero-order chi connectivity index (χ0) is 10.4. The lowest BCUT2D eigenvalue weighted by atomic mass is 10.2. The summed E-state index contributed by atoms with van der Waals surface area (Å²) in [6.45, 7) is 3.44. The summed E-state index contributed by atoms with van der Waals surface area (Å²) in [6, 6.07) is -0.547.